The Hall–Kier alpha value is -1.62. The number of amides is 1. The van der Waals surface area contributed by atoms with Gasteiger partial charge in [0.15, 0.2) is 5.11 Å². The lowest BCUT2D eigenvalue weighted by Crippen LogP contribution is -2.40. The van der Waals surface area contributed by atoms with Crippen molar-refractivity contribution in [3.8, 4) is 0 Å². The van der Waals surface area contributed by atoms with E-state index < -0.39 is 6.09 Å². The highest BCUT2D eigenvalue weighted by Crippen LogP contribution is 1.98. The molecule has 1 amide bonds. The monoisotopic (exact) mass is 280 g/mol. The Morgan fingerprint density at radius 3 is 2.63 bits per heavy atom. The fourth-order valence-electron chi connectivity index (χ4n) is 1.38. The number of hydrogen-bond acceptors (Lipinski definition) is 3. The summed E-state index contributed by atoms with van der Waals surface area (Å²) in [6, 6.07) is 10.1. The van der Waals surface area contributed by atoms with E-state index in [2.05, 4.69) is 22.8 Å². The van der Waals surface area contributed by atoms with Gasteiger partial charge in [0.05, 0.1) is 6.61 Å². The van der Waals surface area contributed by atoms with Crippen LogP contribution in [0, 0.1) is 5.92 Å². The van der Waals surface area contributed by atoms with E-state index in [1.807, 2.05) is 32.0 Å². The van der Waals surface area contributed by atoms with Crippen LogP contribution < -0.4 is 10.6 Å². The van der Waals surface area contributed by atoms with Crippen LogP contribution in [-0.2, 0) is 11.2 Å². The van der Waals surface area contributed by atoms with Gasteiger partial charge < -0.3 is 10.1 Å². The molecule has 1 rings (SSSR count). The lowest BCUT2D eigenvalue weighted by Gasteiger charge is -2.11. The molecule has 0 fully saturated rings. The highest BCUT2D eigenvalue weighted by molar-refractivity contribution is 7.80. The highest BCUT2D eigenvalue weighted by Gasteiger charge is 2.05. The second-order valence-corrected chi connectivity index (χ2v) is 5.02. The Bertz CT molecular complexity index is 407. The Morgan fingerprint density at radius 2 is 2.00 bits per heavy atom. The molecular weight excluding hydrogens is 260 g/mol. The molecule has 0 saturated carbocycles. The first-order valence-corrected chi connectivity index (χ1v) is 6.74. The summed E-state index contributed by atoms with van der Waals surface area (Å²) >= 11 is 5.00. The molecule has 19 heavy (non-hydrogen) atoms. The molecule has 0 aliphatic heterocycles. The quantitative estimate of drug-likeness (QED) is 0.814. The molecule has 0 aliphatic rings. The molecule has 0 aromatic heterocycles. The summed E-state index contributed by atoms with van der Waals surface area (Å²) < 4.78 is 4.96. The van der Waals surface area contributed by atoms with Gasteiger partial charge in [-0.1, -0.05) is 44.2 Å². The van der Waals surface area contributed by atoms with Gasteiger partial charge in [-0.2, -0.15) is 0 Å². The first-order chi connectivity index (χ1) is 9.08. The summed E-state index contributed by atoms with van der Waals surface area (Å²) in [5, 5.41) is 5.75. The zero-order chi connectivity index (χ0) is 14.1. The smallest absolute Gasteiger partial charge is 0.413 e. The van der Waals surface area contributed by atoms with Gasteiger partial charge in [-0.25, -0.2) is 4.79 Å². The van der Waals surface area contributed by atoms with Crippen molar-refractivity contribution in [3.05, 3.63) is 35.9 Å². The lowest BCUT2D eigenvalue weighted by molar-refractivity contribution is 0.138. The fraction of sp³-hybridized carbons (Fsp3) is 0.429. The van der Waals surface area contributed by atoms with E-state index in [1.165, 1.54) is 5.56 Å². The zero-order valence-corrected chi connectivity index (χ0v) is 12.1. The van der Waals surface area contributed by atoms with Crippen molar-refractivity contribution in [2.75, 3.05) is 13.2 Å². The summed E-state index contributed by atoms with van der Waals surface area (Å²) in [5.74, 6) is 0.311. The van der Waals surface area contributed by atoms with Crippen LogP contribution in [0.2, 0.25) is 0 Å². The molecule has 2 N–H and O–H groups in total. The van der Waals surface area contributed by atoms with E-state index in [-0.39, 0.29) is 0 Å². The van der Waals surface area contributed by atoms with E-state index in [9.17, 15) is 4.79 Å². The molecule has 1 aromatic rings. The standard InChI is InChI=1S/C14H20N2O2S/c1-11(2)10-18-14(17)16-13(19)15-9-8-12-6-4-3-5-7-12/h3-7,11H,8-10H2,1-2H3,(H2,15,16,17,19). The molecule has 0 spiro atoms. The zero-order valence-electron chi connectivity index (χ0n) is 11.3. The van der Waals surface area contributed by atoms with E-state index in [0.29, 0.717) is 24.2 Å². The van der Waals surface area contributed by atoms with Crippen LogP contribution >= 0.6 is 12.2 Å². The van der Waals surface area contributed by atoms with Crippen molar-refractivity contribution in [2.24, 2.45) is 5.92 Å². The first kappa shape index (κ1) is 15.4. The third-order valence-corrected chi connectivity index (χ3v) is 2.55. The third-order valence-electron chi connectivity index (χ3n) is 2.31. The largest absolute Gasteiger partial charge is 0.449 e. The molecule has 0 aliphatic carbocycles. The second kappa shape index (κ2) is 8.48. The Balaban J connectivity index is 2.16. The minimum absolute atomic E-state index is 0.296. The van der Waals surface area contributed by atoms with Crippen LogP contribution in [0.5, 0.6) is 0 Å². The summed E-state index contributed by atoms with van der Waals surface area (Å²) in [5.41, 5.74) is 1.22. The van der Waals surface area contributed by atoms with Crippen molar-refractivity contribution in [3.63, 3.8) is 0 Å². The third kappa shape index (κ3) is 7.41. The number of carbonyl (C=O) groups is 1. The lowest BCUT2D eigenvalue weighted by atomic mass is 10.1. The van der Waals surface area contributed by atoms with Crippen molar-refractivity contribution in [1.29, 1.82) is 0 Å². The topological polar surface area (TPSA) is 50.4 Å². The van der Waals surface area contributed by atoms with Crippen LogP contribution in [0.4, 0.5) is 4.79 Å². The average Bonchev–Trinajstić information content (AvgIpc) is 2.37. The maximum Gasteiger partial charge on any atom is 0.413 e. The van der Waals surface area contributed by atoms with Gasteiger partial charge in [-0.3, -0.25) is 5.32 Å². The normalized spacial score (nSPS) is 10.1. The molecule has 4 nitrogen and oxygen atoms in total. The number of thiocarbonyl (C=S) groups is 1. The highest BCUT2D eigenvalue weighted by atomic mass is 32.1. The van der Waals surface area contributed by atoms with Gasteiger partial charge in [-0.05, 0) is 30.1 Å². The molecule has 0 bridgehead atoms. The van der Waals surface area contributed by atoms with Crippen molar-refractivity contribution in [2.45, 2.75) is 20.3 Å². The maximum atomic E-state index is 11.3. The second-order valence-electron chi connectivity index (χ2n) is 4.61. The Kier molecular flexibility index (Phi) is 6.89. The molecule has 5 heteroatoms. The predicted octanol–water partition coefficient (Wildman–Crippen LogP) is 2.49. The number of benzene rings is 1. The molecule has 1 aromatic carbocycles. The summed E-state index contributed by atoms with van der Waals surface area (Å²) in [6.45, 7) is 5.01. The molecule has 104 valence electrons. The molecule has 0 saturated heterocycles. The number of rotatable bonds is 5. The van der Waals surface area contributed by atoms with E-state index >= 15 is 0 Å². The van der Waals surface area contributed by atoms with Crippen LogP contribution in [-0.4, -0.2) is 24.4 Å². The average molecular weight is 280 g/mol. The molecule has 0 heterocycles. The first-order valence-electron chi connectivity index (χ1n) is 6.33. The van der Waals surface area contributed by atoms with Gasteiger partial charge in [-0.15, -0.1) is 0 Å². The number of ether oxygens (including phenoxy) is 1. The number of alkyl carbamates (subject to hydrolysis) is 1. The van der Waals surface area contributed by atoms with E-state index in [0.717, 1.165) is 6.42 Å². The Labute approximate surface area is 119 Å². The SMILES string of the molecule is CC(C)COC(=O)NC(=S)NCCc1ccccc1. The van der Waals surface area contributed by atoms with Crippen molar-refractivity contribution >= 4 is 23.4 Å². The summed E-state index contributed by atoms with van der Waals surface area (Å²) in [7, 11) is 0. The molecule has 0 atom stereocenters. The minimum Gasteiger partial charge on any atom is -0.449 e. The van der Waals surface area contributed by atoms with Crippen LogP contribution in [0.3, 0.4) is 0 Å². The van der Waals surface area contributed by atoms with Gasteiger partial charge in [0.2, 0.25) is 0 Å². The predicted molar refractivity (Wildman–Crippen MR) is 80.1 cm³/mol. The molecular formula is C14H20N2O2S. The maximum absolute atomic E-state index is 11.3. The van der Waals surface area contributed by atoms with Crippen LogP contribution in [0.25, 0.3) is 0 Å². The van der Waals surface area contributed by atoms with Gasteiger partial charge in [0.1, 0.15) is 0 Å². The molecule has 0 radical (unpaired) electrons. The van der Waals surface area contributed by atoms with Gasteiger partial charge >= 0.3 is 6.09 Å². The van der Waals surface area contributed by atoms with Crippen LogP contribution in [0.1, 0.15) is 19.4 Å². The number of hydrogen-bond donors (Lipinski definition) is 2. The number of carbonyl (C=O) groups excluding carboxylic acids is 1. The van der Waals surface area contributed by atoms with Crippen molar-refractivity contribution < 1.29 is 9.53 Å². The van der Waals surface area contributed by atoms with Crippen LogP contribution in [0.15, 0.2) is 30.3 Å². The van der Waals surface area contributed by atoms with Gasteiger partial charge in [0.25, 0.3) is 0 Å². The number of nitrogens with one attached hydrogen (secondary N) is 2. The summed E-state index contributed by atoms with van der Waals surface area (Å²) in [6.07, 6.45) is 0.342. The fourth-order valence-corrected chi connectivity index (χ4v) is 1.57. The molecule has 0 unspecified atom stereocenters. The van der Waals surface area contributed by atoms with E-state index in [4.69, 9.17) is 17.0 Å². The minimum atomic E-state index is -0.508. The Morgan fingerprint density at radius 1 is 1.32 bits per heavy atom. The van der Waals surface area contributed by atoms with Gasteiger partial charge in [0, 0.05) is 6.54 Å². The summed E-state index contributed by atoms with van der Waals surface area (Å²) in [4.78, 5) is 11.3. The van der Waals surface area contributed by atoms with E-state index in [1.54, 1.807) is 0 Å². The van der Waals surface area contributed by atoms with Crippen molar-refractivity contribution in [1.82, 2.24) is 10.6 Å².